The van der Waals surface area contributed by atoms with Crippen molar-refractivity contribution >= 4 is 27.6 Å². The van der Waals surface area contributed by atoms with Gasteiger partial charge in [-0.15, -0.1) is 0 Å². The molecule has 0 saturated carbocycles. The summed E-state index contributed by atoms with van der Waals surface area (Å²) in [5, 5.41) is 1.17. The number of likely N-dealkylation sites (N-methyl/N-ethyl adjacent to an activating group) is 1. The SMILES string of the molecule is Cc1cc(Br)cc(C)c1C1C(=O)N(C)OC(C)(C)C1=O. The summed E-state index contributed by atoms with van der Waals surface area (Å²) in [5.74, 6) is -1.31. The van der Waals surface area contributed by atoms with Crippen molar-refractivity contribution in [2.75, 3.05) is 7.05 Å². The number of Topliss-reactive ketones (excluding diaryl/α,β-unsaturated/α-hetero) is 1. The monoisotopic (exact) mass is 339 g/mol. The van der Waals surface area contributed by atoms with E-state index in [1.165, 1.54) is 5.06 Å². The van der Waals surface area contributed by atoms with Crippen molar-refractivity contribution in [3.05, 3.63) is 33.3 Å². The van der Waals surface area contributed by atoms with Gasteiger partial charge in [-0.05, 0) is 56.5 Å². The van der Waals surface area contributed by atoms with Crippen LogP contribution in [0.4, 0.5) is 0 Å². The van der Waals surface area contributed by atoms with Crippen LogP contribution in [0.5, 0.6) is 0 Å². The van der Waals surface area contributed by atoms with Gasteiger partial charge >= 0.3 is 0 Å². The molecule has 1 unspecified atom stereocenters. The van der Waals surface area contributed by atoms with Crippen molar-refractivity contribution in [2.24, 2.45) is 0 Å². The zero-order chi connectivity index (χ0) is 15.2. The fourth-order valence-corrected chi connectivity index (χ4v) is 3.39. The van der Waals surface area contributed by atoms with Gasteiger partial charge < -0.3 is 0 Å². The first-order chi connectivity index (χ1) is 9.15. The van der Waals surface area contributed by atoms with E-state index in [-0.39, 0.29) is 11.7 Å². The third-order valence-corrected chi connectivity index (χ3v) is 4.08. The van der Waals surface area contributed by atoms with Gasteiger partial charge in [0, 0.05) is 11.5 Å². The van der Waals surface area contributed by atoms with Gasteiger partial charge in [-0.1, -0.05) is 15.9 Å². The maximum atomic E-state index is 12.6. The van der Waals surface area contributed by atoms with E-state index < -0.39 is 11.5 Å². The van der Waals surface area contributed by atoms with Crippen LogP contribution in [0.1, 0.15) is 36.5 Å². The molecule has 0 aliphatic carbocycles. The average Bonchev–Trinajstić information content (AvgIpc) is 2.29. The van der Waals surface area contributed by atoms with Gasteiger partial charge in [0.25, 0.3) is 5.91 Å². The lowest BCUT2D eigenvalue weighted by Gasteiger charge is -2.38. The van der Waals surface area contributed by atoms with Gasteiger partial charge in [0.05, 0.1) is 0 Å². The van der Waals surface area contributed by atoms with E-state index in [0.29, 0.717) is 0 Å². The second-order valence-corrected chi connectivity index (χ2v) is 6.60. The summed E-state index contributed by atoms with van der Waals surface area (Å²) in [7, 11) is 1.55. The average molecular weight is 340 g/mol. The van der Waals surface area contributed by atoms with Crippen LogP contribution in [0.25, 0.3) is 0 Å². The lowest BCUT2D eigenvalue weighted by Crippen LogP contribution is -2.54. The molecule has 1 heterocycles. The number of carbonyl (C=O) groups is 2. The number of halogens is 1. The number of carbonyl (C=O) groups excluding carboxylic acids is 2. The zero-order valence-corrected chi connectivity index (χ0v) is 13.9. The summed E-state index contributed by atoms with van der Waals surface area (Å²) in [6.07, 6.45) is 0. The summed E-state index contributed by atoms with van der Waals surface area (Å²) in [4.78, 5) is 30.4. The Bertz CT molecular complexity index is 572. The largest absolute Gasteiger partial charge is 0.295 e. The van der Waals surface area contributed by atoms with Crippen LogP contribution in [0.3, 0.4) is 0 Å². The molecule has 5 heteroatoms. The van der Waals surface area contributed by atoms with Crippen LogP contribution in [-0.2, 0) is 14.4 Å². The molecule has 2 rings (SSSR count). The molecule has 0 radical (unpaired) electrons. The molecule has 0 bridgehead atoms. The molecule has 0 aromatic heterocycles. The number of ketones is 1. The molecule has 1 aromatic rings. The van der Waals surface area contributed by atoms with Crippen LogP contribution < -0.4 is 0 Å². The summed E-state index contributed by atoms with van der Waals surface area (Å²) in [6.45, 7) is 7.20. The first kappa shape index (κ1) is 15.2. The summed E-state index contributed by atoms with van der Waals surface area (Å²) in [6, 6.07) is 3.84. The van der Waals surface area contributed by atoms with Gasteiger partial charge in [-0.25, -0.2) is 5.06 Å². The van der Waals surface area contributed by atoms with E-state index in [9.17, 15) is 9.59 Å². The number of hydrogen-bond donors (Lipinski definition) is 0. The van der Waals surface area contributed by atoms with Gasteiger partial charge in [0.1, 0.15) is 11.5 Å². The van der Waals surface area contributed by atoms with E-state index in [0.717, 1.165) is 21.2 Å². The molecule has 108 valence electrons. The smallest absolute Gasteiger partial charge is 0.261 e. The molecule has 1 atom stereocenters. The molecular weight excluding hydrogens is 322 g/mol. The molecule has 1 saturated heterocycles. The van der Waals surface area contributed by atoms with E-state index in [1.807, 2.05) is 26.0 Å². The van der Waals surface area contributed by atoms with Crippen LogP contribution in [0.2, 0.25) is 0 Å². The number of hydroxylamine groups is 2. The Balaban J connectivity index is 2.60. The predicted octanol–water partition coefficient (Wildman–Crippen LogP) is 2.90. The Hall–Kier alpha value is -1.20. The quantitative estimate of drug-likeness (QED) is 0.739. The Morgan fingerprint density at radius 2 is 1.70 bits per heavy atom. The number of rotatable bonds is 1. The first-order valence-corrected chi connectivity index (χ1v) is 7.22. The lowest BCUT2D eigenvalue weighted by atomic mass is 9.81. The molecule has 1 amide bonds. The zero-order valence-electron chi connectivity index (χ0n) is 12.3. The molecule has 1 aromatic carbocycles. The Kier molecular flexibility index (Phi) is 3.77. The van der Waals surface area contributed by atoms with Gasteiger partial charge in [-0.2, -0.15) is 0 Å². The molecule has 1 aliphatic rings. The van der Waals surface area contributed by atoms with Crippen molar-refractivity contribution in [2.45, 2.75) is 39.2 Å². The molecule has 1 fully saturated rings. The van der Waals surface area contributed by atoms with E-state index in [1.54, 1.807) is 20.9 Å². The van der Waals surface area contributed by atoms with Crippen LogP contribution in [0, 0.1) is 13.8 Å². The molecule has 4 nitrogen and oxygen atoms in total. The number of amides is 1. The van der Waals surface area contributed by atoms with Crippen LogP contribution >= 0.6 is 15.9 Å². The first-order valence-electron chi connectivity index (χ1n) is 6.43. The van der Waals surface area contributed by atoms with Crippen molar-refractivity contribution in [3.63, 3.8) is 0 Å². The van der Waals surface area contributed by atoms with Crippen molar-refractivity contribution in [1.82, 2.24) is 5.06 Å². The van der Waals surface area contributed by atoms with E-state index >= 15 is 0 Å². The van der Waals surface area contributed by atoms with Crippen LogP contribution in [0.15, 0.2) is 16.6 Å². The molecular formula is C15H18BrNO3. The second-order valence-electron chi connectivity index (χ2n) is 5.69. The van der Waals surface area contributed by atoms with Crippen molar-refractivity contribution < 1.29 is 14.4 Å². The molecule has 20 heavy (non-hydrogen) atoms. The molecule has 0 N–H and O–H groups in total. The summed E-state index contributed by atoms with van der Waals surface area (Å²) in [5.41, 5.74) is 1.63. The number of benzene rings is 1. The highest BCUT2D eigenvalue weighted by molar-refractivity contribution is 9.10. The van der Waals surface area contributed by atoms with Gasteiger partial charge in [0.15, 0.2) is 5.78 Å². The Morgan fingerprint density at radius 3 is 2.20 bits per heavy atom. The number of aryl methyl sites for hydroxylation is 2. The normalized spacial score (nSPS) is 22.3. The molecule has 0 spiro atoms. The van der Waals surface area contributed by atoms with Crippen molar-refractivity contribution in [1.29, 1.82) is 0 Å². The third kappa shape index (κ3) is 2.40. The summed E-state index contributed by atoms with van der Waals surface area (Å²) >= 11 is 3.43. The minimum atomic E-state index is -1.00. The minimum Gasteiger partial charge on any atom is -0.295 e. The highest BCUT2D eigenvalue weighted by atomic mass is 79.9. The van der Waals surface area contributed by atoms with E-state index in [2.05, 4.69) is 15.9 Å². The standard InChI is InChI=1S/C15H18BrNO3/c1-8-6-10(16)7-9(2)11(8)12-13(18)15(3,4)20-17(5)14(12)19/h6-7,12H,1-5H3. The second kappa shape index (κ2) is 4.97. The maximum absolute atomic E-state index is 12.6. The lowest BCUT2D eigenvalue weighted by molar-refractivity contribution is -0.233. The highest BCUT2D eigenvalue weighted by Gasteiger charge is 2.48. The number of nitrogens with zero attached hydrogens (tertiary/aromatic N) is 1. The fourth-order valence-electron chi connectivity index (χ4n) is 2.71. The summed E-state index contributed by atoms with van der Waals surface area (Å²) < 4.78 is 0.941. The Morgan fingerprint density at radius 1 is 1.20 bits per heavy atom. The predicted molar refractivity (Wildman–Crippen MR) is 79.3 cm³/mol. The third-order valence-electron chi connectivity index (χ3n) is 3.63. The Labute approximate surface area is 127 Å². The topological polar surface area (TPSA) is 46.6 Å². The van der Waals surface area contributed by atoms with Gasteiger partial charge in [0.2, 0.25) is 0 Å². The minimum absolute atomic E-state index is 0.200. The van der Waals surface area contributed by atoms with Gasteiger partial charge in [-0.3, -0.25) is 14.4 Å². The molecule has 1 aliphatic heterocycles. The van der Waals surface area contributed by atoms with E-state index in [4.69, 9.17) is 4.84 Å². The maximum Gasteiger partial charge on any atom is 0.261 e. The number of hydrogen-bond acceptors (Lipinski definition) is 3. The van der Waals surface area contributed by atoms with Crippen molar-refractivity contribution in [3.8, 4) is 0 Å². The highest BCUT2D eigenvalue weighted by Crippen LogP contribution is 2.36. The van der Waals surface area contributed by atoms with Crippen LogP contribution in [-0.4, -0.2) is 29.4 Å². The fraction of sp³-hybridized carbons (Fsp3) is 0.467.